The van der Waals surface area contributed by atoms with Gasteiger partial charge < -0.3 is 19.6 Å². The number of amides is 1. The number of nitriles is 1. The number of nitrogens with one attached hydrogen (secondary N) is 1. The molecule has 0 aliphatic rings. The molecule has 0 radical (unpaired) electrons. The van der Waals surface area contributed by atoms with Crippen LogP contribution in [0.3, 0.4) is 0 Å². The van der Waals surface area contributed by atoms with Crippen LogP contribution in [0.4, 0.5) is 0 Å². The highest BCUT2D eigenvalue weighted by molar-refractivity contribution is 6.01. The van der Waals surface area contributed by atoms with Gasteiger partial charge in [0.2, 0.25) is 0 Å². The van der Waals surface area contributed by atoms with E-state index >= 15 is 0 Å². The van der Waals surface area contributed by atoms with Gasteiger partial charge >= 0.3 is 5.97 Å². The number of carbonyl (C=O) groups excluding carboxylic acids is 1. The molecule has 1 aromatic heterocycles. The normalized spacial score (nSPS) is 11.0. The molecule has 0 atom stereocenters. The summed E-state index contributed by atoms with van der Waals surface area (Å²) in [6.45, 7) is 0.616. The quantitative estimate of drug-likeness (QED) is 0.454. The maximum absolute atomic E-state index is 11.9. The molecule has 0 saturated carbocycles. The third-order valence-corrected chi connectivity index (χ3v) is 3.29. The van der Waals surface area contributed by atoms with Crippen molar-refractivity contribution in [3.63, 3.8) is 0 Å². The van der Waals surface area contributed by atoms with Gasteiger partial charge in [-0.2, -0.15) is 5.26 Å². The molecule has 1 heterocycles. The van der Waals surface area contributed by atoms with Gasteiger partial charge in [0.15, 0.2) is 0 Å². The predicted molar refractivity (Wildman–Crippen MR) is 89.6 cm³/mol. The monoisotopic (exact) mass is 340 g/mol. The summed E-state index contributed by atoms with van der Waals surface area (Å²) < 4.78 is 10.4. The third-order valence-electron chi connectivity index (χ3n) is 3.29. The molecule has 2 aromatic rings. The zero-order valence-corrected chi connectivity index (χ0v) is 13.5. The van der Waals surface area contributed by atoms with E-state index in [0.717, 1.165) is 0 Å². The molecule has 2 rings (SSSR count). The Kier molecular flexibility index (Phi) is 6.09. The standard InChI is InChI=1S/C18H16N2O5/c1-24-9-8-20-17(21)12(11-19)10-13-6-7-16(25-13)14-4-2-3-5-15(14)18(22)23/h2-7,10H,8-9H2,1H3,(H,20,21)(H,22,23). The lowest BCUT2D eigenvalue weighted by atomic mass is 10.1. The van der Waals surface area contributed by atoms with Crippen LogP contribution in [-0.2, 0) is 9.53 Å². The fourth-order valence-corrected chi connectivity index (χ4v) is 2.11. The Morgan fingerprint density at radius 3 is 2.76 bits per heavy atom. The van der Waals surface area contributed by atoms with Gasteiger partial charge in [-0.3, -0.25) is 4.79 Å². The van der Waals surface area contributed by atoms with Crippen molar-refractivity contribution in [2.24, 2.45) is 0 Å². The highest BCUT2D eigenvalue weighted by Gasteiger charge is 2.15. The number of ether oxygens (including phenoxy) is 1. The van der Waals surface area contributed by atoms with Gasteiger partial charge in [-0.25, -0.2) is 4.79 Å². The highest BCUT2D eigenvalue weighted by atomic mass is 16.5. The summed E-state index contributed by atoms with van der Waals surface area (Å²) >= 11 is 0. The van der Waals surface area contributed by atoms with Gasteiger partial charge in [0.05, 0.1) is 12.2 Å². The van der Waals surface area contributed by atoms with E-state index in [9.17, 15) is 14.7 Å². The molecule has 0 aliphatic carbocycles. The maximum Gasteiger partial charge on any atom is 0.336 e. The number of nitrogens with zero attached hydrogens (tertiary/aromatic N) is 1. The minimum atomic E-state index is -1.07. The predicted octanol–water partition coefficient (Wildman–Crippen LogP) is 2.31. The maximum atomic E-state index is 11.9. The summed E-state index contributed by atoms with van der Waals surface area (Å²) in [7, 11) is 1.51. The van der Waals surface area contributed by atoms with Crippen molar-refractivity contribution in [2.75, 3.05) is 20.3 Å². The lowest BCUT2D eigenvalue weighted by Crippen LogP contribution is -2.27. The molecule has 7 nitrogen and oxygen atoms in total. The van der Waals surface area contributed by atoms with Crippen LogP contribution in [0, 0.1) is 11.3 Å². The molecule has 128 valence electrons. The summed E-state index contributed by atoms with van der Waals surface area (Å²) in [6, 6.07) is 11.4. The van der Waals surface area contributed by atoms with Crippen LogP contribution < -0.4 is 5.32 Å². The van der Waals surface area contributed by atoms with Crippen LogP contribution in [0.1, 0.15) is 16.1 Å². The van der Waals surface area contributed by atoms with Crippen LogP contribution in [0.2, 0.25) is 0 Å². The van der Waals surface area contributed by atoms with Crippen molar-refractivity contribution in [1.82, 2.24) is 5.32 Å². The molecular formula is C18H16N2O5. The number of rotatable bonds is 7. The topological polar surface area (TPSA) is 113 Å². The SMILES string of the molecule is COCCNC(=O)C(C#N)=Cc1ccc(-c2ccccc2C(=O)O)o1. The number of hydrogen-bond donors (Lipinski definition) is 2. The Balaban J connectivity index is 2.25. The summed E-state index contributed by atoms with van der Waals surface area (Å²) in [5.41, 5.74) is 0.395. The third kappa shape index (κ3) is 4.56. The zero-order valence-electron chi connectivity index (χ0n) is 13.5. The molecule has 0 unspecified atom stereocenters. The molecule has 0 bridgehead atoms. The fraction of sp³-hybridized carbons (Fsp3) is 0.167. The Morgan fingerprint density at radius 1 is 1.32 bits per heavy atom. The van der Waals surface area contributed by atoms with Crippen LogP contribution in [0.25, 0.3) is 17.4 Å². The van der Waals surface area contributed by atoms with Crippen LogP contribution in [-0.4, -0.2) is 37.2 Å². The molecule has 0 fully saturated rings. The Hall–Kier alpha value is -3.37. The van der Waals surface area contributed by atoms with Crippen LogP contribution in [0.15, 0.2) is 46.4 Å². The molecule has 0 saturated heterocycles. The molecular weight excluding hydrogens is 324 g/mol. The van der Waals surface area contributed by atoms with Crippen LogP contribution in [0.5, 0.6) is 0 Å². The van der Waals surface area contributed by atoms with Gasteiger partial charge in [0.1, 0.15) is 23.2 Å². The lowest BCUT2D eigenvalue weighted by Gasteiger charge is -2.03. The van der Waals surface area contributed by atoms with Crippen molar-refractivity contribution >= 4 is 18.0 Å². The first-order valence-electron chi connectivity index (χ1n) is 7.38. The van der Waals surface area contributed by atoms with E-state index in [4.69, 9.17) is 14.4 Å². The van der Waals surface area contributed by atoms with E-state index in [1.165, 1.54) is 19.3 Å². The second kappa shape index (κ2) is 8.47. The summed E-state index contributed by atoms with van der Waals surface area (Å²) in [4.78, 5) is 23.2. The van der Waals surface area contributed by atoms with E-state index in [2.05, 4.69) is 5.32 Å². The minimum absolute atomic E-state index is 0.102. The van der Waals surface area contributed by atoms with Crippen molar-refractivity contribution < 1.29 is 23.8 Å². The molecule has 0 aliphatic heterocycles. The Labute approximate surface area is 144 Å². The number of carboxylic acids is 1. The average Bonchev–Trinajstić information content (AvgIpc) is 3.08. The first kappa shape index (κ1) is 18.0. The smallest absolute Gasteiger partial charge is 0.336 e. The minimum Gasteiger partial charge on any atom is -0.478 e. The van der Waals surface area contributed by atoms with E-state index in [0.29, 0.717) is 17.9 Å². The fourth-order valence-electron chi connectivity index (χ4n) is 2.11. The number of carbonyl (C=O) groups is 2. The van der Waals surface area contributed by atoms with Gasteiger partial charge in [-0.05, 0) is 18.2 Å². The Bertz CT molecular complexity index is 845. The van der Waals surface area contributed by atoms with Crippen molar-refractivity contribution in [1.29, 1.82) is 5.26 Å². The van der Waals surface area contributed by atoms with E-state index in [-0.39, 0.29) is 23.4 Å². The van der Waals surface area contributed by atoms with Crippen LogP contribution >= 0.6 is 0 Å². The summed E-state index contributed by atoms with van der Waals surface area (Å²) in [6.07, 6.45) is 1.30. The molecule has 0 spiro atoms. The van der Waals surface area contributed by atoms with E-state index in [1.807, 2.05) is 6.07 Å². The largest absolute Gasteiger partial charge is 0.478 e. The van der Waals surface area contributed by atoms with E-state index in [1.54, 1.807) is 30.3 Å². The van der Waals surface area contributed by atoms with Crippen molar-refractivity contribution in [3.8, 4) is 17.4 Å². The van der Waals surface area contributed by atoms with Crippen molar-refractivity contribution in [3.05, 3.63) is 53.3 Å². The number of aromatic carboxylic acids is 1. The Morgan fingerprint density at radius 2 is 2.08 bits per heavy atom. The number of benzene rings is 1. The summed E-state index contributed by atoms with van der Waals surface area (Å²) in [5, 5.41) is 20.9. The number of hydrogen-bond acceptors (Lipinski definition) is 5. The average molecular weight is 340 g/mol. The number of furan rings is 1. The summed E-state index contributed by atoms with van der Waals surface area (Å²) in [5.74, 6) is -1.00. The second-order valence-electron chi connectivity index (χ2n) is 4.97. The van der Waals surface area contributed by atoms with Gasteiger partial charge in [-0.1, -0.05) is 18.2 Å². The molecule has 25 heavy (non-hydrogen) atoms. The molecule has 7 heteroatoms. The van der Waals surface area contributed by atoms with Gasteiger partial charge in [-0.15, -0.1) is 0 Å². The molecule has 1 aromatic carbocycles. The van der Waals surface area contributed by atoms with Crippen molar-refractivity contribution in [2.45, 2.75) is 0 Å². The van der Waals surface area contributed by atoms with E-state index < -0.39 is 11.9 Å². The van der Waals surface area contributed by atoms with Gasteiger partial charge in [0.25, 0.3) is 5.91 Å². The highest BCUT2D eigenvalue weighted by Crippen LogP contribution is 2.26. The lowest BCUT2D eigenvalue weighted by molar-refractivity contribution is -0.117. The molecule has 1 amide bonds. The second-order valence-corrected chi connectivity index (χ2v) is 4.97. The first-order valence-corrected chi connectivity index (χ1v) is 7.38. The zero-order chi connectivity index (χ0) is 18.2. The molecule has 2 N–H and O–H groups in total. The number of methoxy groups -OCH3 is 1. The van der Waals surface area contributed by atoms with Gasteiger partial charge in [0, 0.05) is 25.3 Å². The first-order chi connectivity index (χ1) is 12.1. The number of carboxylic acid groups (broad SMARTS) is 1.